The van der Waals surface area contributed by atoms with E-state index in [2.05, 4.69) is 20.9 Å². The third kappa shape index (κ3) is 10.5. The molecule has 8 nitrogen and oxygen atoms in total. The van der Waals surface area contributed by atoms with E-state index in [0.29, 0.717) is 12.1 Å². The van der Waals surface area contributed by atoms with Crippen LogP contribution in [0.25, 0.3) is 0 Å². The number of aromatic nitrogens is 1. The van der Waals surface area contributed by atoms with E-state index >= 15 is 0 Å². The maximum atomic E-state index is 13.7. The lowest BCUT2D eigenvalue weighted by atomic mass is 9.83. The lowest BCUT2D eigenvalue weighted by Crippen LogP contribution is -2.55. The van der Waals surface area contributed by atoms with E-state index in [1.54, 1.807) is 24.4 Å². The van der Waals surface area contributed by atoms with Gasteiger partial charge in [0, 0.05) is 31.9 Å². The molecule has 0 unspecified atom stereocenters. The Kier molecular flexibility index (Phi) is 11.8. The summed E-state index contributed by atoms with van der Waals surface area (Å²) in [4.78, 5) is 57.2. The molecule has 3 amide bonds. The van der Waals surface area contributed by atoms with Crippen molar-refractivity contribution in [3.63, 3.8) is 0 Å². The number of hydrogen-bond donors (Lipinski definition) is 3. The molecule has 2 saturated carbocycles. The van der Waals surface area contributed by atoms with E-state index in [-0.39, 0.29) is 62.8 Å². The highest BCUT2D eigenvalue weighted by atomic mass is 19.3. The number of nitrogens with one attached hydrogen (secondary N) is 3. The highest BCUT2D eigenvalue weighted by Gasteiger charge is 2.36. The van der Waals surface area contributed by atoms with Crippen LogP contribution in [0.1, 0.15) is 81.9 Å². The van der Waals surface area contributed by atoms with Crippen LogP contribution < -0.4 is 16.0 Å². The Labute approximate surface area is 251 Å². The standard InChI is InChI=1S/C33H42F2N4O4/c34-33(35)16-14-25(15-17-33)21-29(40)38-28(20-24-11-5-2-6-12-24)31(42)39-27(19-23-9-3-1-4-10-23)30(41)32(43)37-22-26-13-7-8-18-36-26/h1,3-4,7-10,13,18,24-25,27-28H,2,5-6,11-12,14-17,19-22H2,(H,37,43)(H,38,40)(H,39,42)/t27-,28-/m1/s1. The number of nitrogens with zero attached hydrogens (tertiary/aromatic N) is 1. The molecule has 0 radical (unpaired) electrons. The van der Waals surface area contributed by atoms with E-state index in [9.17, 15) is 28.0 Å². The Morgan fingerprint density at radius 3 is 2.21 bits per heavy atom. The van der Waals surface area contributed by atoms with E-state index in [1.807, 2.05) is 30.3 Å². The van der Waals surface area contributed by atoms with Gasteiger partial charge in [-0.3, -0.25) is 24.2 Å². The van der Waals surface area contributed by atoms with Gasteiger partial charge in [0.15, 0.2) is 0 Å². The fraction of sp³-hybridized carbons (Fsp3) is 0.545. The number of carbonyl (C=O) groups is 4. The number of halogens is 2. The lowest BCUT2D eigenvalue weighted by Gasteiger charge is -2.30. The van der Waals surface area contributed by atoms with Crippen molar-refractivity contribution in [2.75, 3.05) is 0 Å². The minimum absolute atomic E-state index is 0.0604. The summed E-state index contributed by atoms with van der Waals surface area (Å²) in [5.41, 5.74) is 1.35. The van der Waals surface area contributed by atoms with Gasteiger partial charge in [-0.2, -0.15) is 0 Å². The summed E-state index contributed by atoms with van der Waals surface area (Å²) >= 11 is 0. The third-order valence-corrected chi connectivity index (χ3v) is 8.55. The Morgan fingerprint density at radius 1 is 0.837 bits per heavy atom. The topological polar surface area (TPSA) is 117 Å². The minimum atomic E-state index is -2.68. The number of alkyl halides is 2. The molecule has 1 aromatic carbocycles. The van der Waals surface area contributed by atoms with Crippen molar-refractivity contribution >= 4 is 23.5 Å². The van der Waals surface area contributed by atoms with Gasteiger partial charge in [-0.25, -0.2) is 8.78 Å². The van der Waals surface area contributed by atoms with Crippen molar-refractivity contribution in [3.05, 3.63) is 66.0 Å². The molecule has 2 aromatic rings. The first-order valence-corrected chi connectivity index (χ1v) is 15.4. The maximum absolute atomic E-state index is 13.7. The van der Waals surface area contributed by atoms with Gasteiger partial charge < -0.3 is 16.0 Å². The van der Waals surface area contributed by atoms with Gasteiger partial charge in [0.1, 0.15) is 12.1 Å². The largest absolute Gasteiger partial charge is 0.344 e. The van der Waals surface area contributed by atoms with Crippen LogP contribution in [0.4, 0.5) is 8.78 Å². The summed E-state index contributed by atoms with van der Waals surface area (Å²) in [7, 11) is 0. The van der Waals surface area contributed by atoms with Gasteiger partial charge in [0.2, 0.25) is 23.5 Å². The molecule has 0 bridgehead atoms. The zero-order valence-electron chi connectivity index (χ0n) is 24.5. The maximum Gasteiger partial charge on any atom is 0.289 e. The Morgan fingerprint density at radius 2 is 1.53 bits per heavy atom. The second-order valence-electron chi connectivity index (χ2n) is 12.0. The second kappa shape index (κ2) is 15.7. The molecule has 2 aliphatic rings. The number of carbonyl (C=O) groups excluding carboxylic acids is 4. The third-order valence-electron chi connectivity index (χ3n) is 8.55. The van der Waals surface area contributed by atoms with Gasteiger partial charge in [-0.1, -0.05) is 68.5 Å². The van der Waals surface area contributed by atoms with Crippen LogP contribution in [0.2, 0.25) is 0 Å². The molecule has 0 spiro atoms. The fourth-order valence-corrected chi connectivity index (χ4v) is 6.06. The molecule has 2 fully saturated rings. The Balaban J connectivity index is 1.44. The van der Waals surface area contributed by atoms with Crippen molar-refractivity contribution in [2.24, 2.45) is 11.8 Å². The molecule has 232 valence electrons. The van der Waals surface area contributed by atoms with Gasteiger partial charge in [0.05, 0.1) is 12.2 Å². The number of amides is 3. The quantitative estimate of drug-likeness (QED) is 0.291. The van der Waals surface area contributed by atoms with Crippen LogP contribution in [0.5, 0.6) is 0 Å². The smallest absolute Gasteiger partial charge is 0.289 e. The minimum Gasteiger partial charge on any atom is -0.344 e. The van der Waals surface area contributed by atoms with Crippen molar-refractivity contribution in [3.8, 4) is 0 Å². The zero-order valence-corrected chi connectivity index (χ0v) is 24.5. The molecule has 2 atom stereocenters. The van der Waals surface area contributed by atoms with Crippen LogP contribution >= 0.6 is 0 Å². The first kappa shape index (κ1) is 32.2. The predicted molar refractivity (Wildman–Crippen MR) is 158 cm³/mol. The number of rotatable bonds is 13. The van der Waals surface area contributed by atoms with Gasteiger partial charge in [-0.05, 0) is 48.8 Å². The highest BCUT2D eigenvalue weighted by molar-refractivity contribution is 6.38. The summed E-state index contributed by atoms with van der Waals surface area (Å²) in [5.74, 6) is -5.11. The van der Waals surface area contributed by atoms with Gasteiger partial charge in [0.25, 0.3) is 5.91 Å². The zero-order chi connectivity index (χ0) is 30.7. The van der Waals surface area contributed by atoms with E-state index in [1.165, 1.54) is 0 Å². The SMILES string of the molecule is O=C(CC1CCC(F)(F)CC1)N[C@H](CC1CCCCC1)C(=O)N[C@H](Cc1ccccc1)C(=O)C(=O)NCc1ccccn1. The molecule has 2 aliphatic carbocycles. The first-order chi connectivity index (χ1) is 20.7. The monoisotopic (exact) mass is 596 g/mol. The van der Waals surface area contributed by atoms with E-state index in [4.69, 9.17) is 0 Å². The summed E-state index contributed by atoms with van der Waals surface area (Å²) < 4.78 is 27.2. The molecule has 1 heterocycles. The van der Waals surface area contributed by atoms with Crippen LogP contribution in [0, 0.1) is 11.8 Å². The predicted octanol–water partition coefficient (Wildman–Crippen LogP) is 4.67. The van der Waals surface area contributed by atoms with E-state index < -0.39 is 35.6 Å². The fourth-order valence-electron chi connectivity index (χ4n) is 6.06. The molecule has 3 N–H and O–H groups in total. The van der Waals surface area contributed by atoms with Gasteiger partial charge in [-0.15, -0.1) is 0 Å². The number of hydrogen-bond acceptors (Lipinski definition) is 5. The van der Waals surface area contributed by atoms with Crippen LogP contribution in [-0.2, 0) is 32.1 Å². The van der Waals surface area contributed by atoms with Crippen molar-refractivity contribution in [1.29, 1.82) is 0 Å². The van der Waals surface area contributed by atoms with Gasteiger partial charge >= 0.3 is 0 Å². The number of pyridine rings is 1. The molecule has 43 heavy (non-hydrogen) atoms. The van der Waals surface area contributed by atoms with Crippen LogP contribution in [0.3, 0.4) is 0 Å². The molecule has 1 aromatic heterocycles. The van der Waals surface area contributed by atoms with Crippen molar-refractivity contribution in [1.82, 2.24) is 20.9 Å². The van der Waals surface area contributed by atoms with Crippen molar-refractivity contribution < 1.29 is 28.0 Å². The molecular weight excluding hydrogens is 554 g/mol. The second-order valence-corrected chi connectivity index (χ2v) is 12.0. The molecule has 0 aliphatic heterocycles. The molecule has 10 heteroatoms. The molecular formula is C33H42F2N4O4. The van der Waals surface area contributed by atoms with Crippen LogP contribution in [-0.4, -0.2) is 46.5 Å². The normalized spacial score (nSPS) is 18.7. The van der Waals surface area contributed by atoms with Crippen molar-refractivity contribution in [2.45, 2.75) is 102 Å². The number of ketones is 1. The number of Topliss-reactive ketones (excluding diaryl/α,β-unsaturated/α-hetero) is 1. The molecule has 4 rings (SSSR count). The summed E-state index contributed by atoms with van der Waals surface area (Å²) in [6.07, 6.45) is 7.36. The average molecular weight is 597 g/mol. The summed E-state index contributed by atoms with van der Waals surface area (Å²) in [6, 6.07) is 12.3. The Hall–Kier alpha value is -3.69. The molecule has 0 saturated heterocycles. The summed E-state index contributed by atoms with van der Waals surface area (Å²) in [6.45, 7) is 0.0604. The first-order valence-electron chi connectivity index (χ1n) is 15.4. The average Bonchev–Trinajstić information content (AvgIpc) is 3.01. The lowest BCUT2D eigenvalue weighted by molar-refractivity contribution is -0.140. The Bertz CT molecular complexity index is 1210. The summed E-state index contributed by atoms with van der Waals surface area (Å²) in [5, 5.41) is 8.22. The van der Waals surface area contributed by atoms with E-state index in [0.717, 1.165) is 37.7 Å². The highest BCUT2D eigenvalue weighted by Crippen LogP contribution is 2.37. The number of benzene rings is 1. The van der Waals surface area contributed by atoms with Crippen LogP contribution in [0.15, 0.2) is 54.7 Å².